The molecule has 0 saturated heterocycles. The van der Waals surface area contributed by atoms with Gasteiger partial charge < -0.3 is 0 Å². The Bertz CT molecular complexity index is 725. The quantitative estimate of drug-likeness (QED) is 0.767. The van der Waals surface area contributed by atoms with Gasteiger partial charge in [0.25, 0.3) is 0 Å². The fraction of sp³-hybridized carbons (Fsp3) is 0.0714. The molecule has 0 aromatic heterocycles. The smallest absolute Gasteiger partial charge is 0.138 e. The molecule has 2 aromatic carbocycles. The van der Waals surface area contributed by atoms with E-state index in [0.717, 1.165) is 10.1 Å². The zero-order valence-corrected chi connectivity index (χ0v) is 10.3. The Hall–Kier alpha value is -1.94. The Morgan fingerprint density at radius 3 is 2.83 bits per heavy atom. The van der Waals surface area contributed by atoms with E-state index in [-0.39, 0.29) is 6.04 Å². The minimum Gasteiger partial charge on any atom is -0.261 e. The SMILES string of the molecule is C1=NN=C2SC(c3cccc4ccccc34)=N[C@H]12. The Balaban J connectivity index is 1.89. The van der Waals surface area contributed by atoms with Crippen molar-refractivity contribution in [3.8, 4) is 0 Å². The van der Waals surface area contributed by atoms with Gasteiger partial charge in [-0.2, -0.15) is 5.10 Å². The van der Waals surface area contributed by atoms with Crippen LogP contribution < -0.4 is 0 Å². The number of benzene rings is 2. The van der Waals surface area contributed by atoms with E-state index in [9.17, 15) is 0 Å². The predicted octanol–water partition coefficient (Wildman–Crippen LogP) is 3.10. The van der Waals surface area contributed by atoms with E-state index in [2.05, 4.69) is 57.7 Å². The average Bonchev–Trinajstić information content (AvgIpc) is 2.99. The molecule has 3 nitrogen and oxygen atoms in total. The molecule has 2 aromatic rings. The van der Waals surface area contributed by atoms with Crippen molar-refractivity contribution in [1.29, 1.82) is 0 Å². The van der Waals surface area contributed by atoms with Crippen LogP contribution >= 0.6 is 11.8 Å². The van der Waals surface area contributed by atoms with Crippen molar-refractivity contribution >= 4 is 38.8 Å². The molecule has 0 saturated carbocycles. The number of aliphatic imine (C=N–C) groups is 1. The van der Waals surface area contributed by atoms with Gasteiger partial charge in [0.05, 0.1) is 6.21 Å². The minimum atomic E-state index is 0.0453. The zero-order valence-electron chi connectivity index (χ0n) is 9.45. The third-order valence-electron chi connectivity index (χ3n) is 3.09. The molecule has 0 spiro atoms. The maximum Gasteiger partial charge on any atom is 0.138 e. The topological polar surface area (TPSA) is 37.1 Å². The third-order valence-corrected chi connectivity index (χ3v) is 4.15. The summed E-state index contributed by atoms with van der Waals surface area (Å²) in [6.45, 7) is 0. The van der Waals surface area contributed by atoms with Crippen LogP contribution in [-0.2, 0) is 0 Å². The highest BCUT2D eigenvalue weighted by atomic mass is 32.2. The van der Waals surface area contributed by atoms with Gasteiger partial charge in [-0.25, -0.2) is 0 Å². The van der Waals surface area contributed by atoms with Gasteiger partial charge in [0.15, 0.2) is 0 Å². The molecule has 0 N–H and O–H groups in total. The first kappa shape index (κ1) is 10.0. The summed E-state index contributed by atoms with van der Waals surface area (Å²) in [5, 5.41) is 12.5. The molecule has 1 atom stereocenters. The van der Waals surface area contributed by atoms with Crippen LogP contribution in [0.5, 0.6) is 0 Å². The lowest BCUT2D eigenvalue weighted by Gasteiger charge is -2.04. The standard InChI is InChI=1S/C14H9N3S/c1-2-6-10-9(4-1)5-3-7-11(10)13-16-12-8-15-17-14(12)18-13/h1-8,12H/t12-/m1/s1. The molecule has 0 bridgehead atoms. The number of nitrogens with zero attached hydrogens (tertiary/aromatic N) is 3. The average molecular weight is 251 g/mol. The molecule has 4 rings (SSSR count). The van der Waals surface area contributed by atoms with Crippen molar-refractivity contribution in [1.82, 2.24) is 0 Å². The summed E-state index contributed by atoms with van der Waals surface area (Å²) < 4.78 is 0. The van der Waals surface area contributed by atoms with E-state index in [0.29, 0.717) is 0 Å². The van der Waals surface area contributed by atoms with E-state index >= 15 is 0 Å². The summed E-state index contributed by atoms with van der Waals surface area (Å²) in [6, 6.07) is 14.7. The van der Waals surface area contributed by atoms with E-state index in [4.69, 9.17) is 0 Å². The molecule has 0 amide bonds. The Labute approximate surface area is 108 Å². The molecule has 2 aliphatic rings. The van der Waals surface area contributed by atoms with Crippen LogP contribution in [-0.4, -0.2) is 22.3 Å². The molecule has 4 heteroatoms. The monoisotopic (exact) mass is 251 g/mol. The van der Waals surface area contributed by atoms with Crippen LogP contribution in [0.2, 0.25) is 0 Å². The Morgan fingerprint density at radius 2 is 1.89 bits per heavy atom. The molecular weight excluding hydrogens is 242 g/mol. The summed E-state index contributed by atoms with van der Waals surface area (Å²) in [4.78, 5) is 4.67. The highest BCUT2D eigenvalue weighted by molar-refractivity contribution is 8.27. The van der Waals surface area contributed by atoms with Gasteiger partial charge in [-0.05, 0) is 22.5 Å². The van der Waals surface area contributed by atoms with Gasteiger partial charge in [0, 0.05) is 5.56 Å². The molecule has 2 aliphatic heterocycles. The van der Waals surface area contributed by atoms with Gasteiger partial charge in [0.1, 0.15) is 16.1 Å². The van der Waals surface area contributed by atoms with Crippen LogP contribution in [0.3, 0.4) is 0 Å². The van der Waals surface area contributed by atoms with Crippen molar-refractivity contribution in [2.75, 3.05) is 0 Å². The van der Waals surface area contributed by atoms with Crippen LogP contribution in [0.15, 0.2) is 57.7 Å². The fourth-order valence-corrected chi connectivity index (χ4v) is 3.21. The normalized spacial score (nSPS) is 21.0. The van der Waals surface area contributed by atoms with Crippen molar-refractivity contribution in [2.45, 2.75) is 6.04 Å². The first-order valence-electron chi connectivity index (χ1n) is 5.77. The third kappa shape index (κ3) is 1.42. The molecule has 86 valence electrons. The number of hydrogen-bond acceptors (Lipinski definition) is 4. The lowest BCUT2D eigenvalue weighted by atomic mass is 10.1. The molecular formula is C14H9N3S. The summed E-state index contributed by atoms with van der Waals surface area (Å²) in [5.41, 5.74) is 1.18. The van der Waals surface area contributed by atoms with Crippen LogP contribution in [0, 0.1) is 0 Å². The lowest BCUT2D eigenvalue weighted by molar-refractivity contribution is 1.22. The molecule has 18 heavy (non-hydrogen) atoms. The molecule has 0 aliphatic carbocycles. The molecule has 2 heterocycles. The van der Waals surface area contributed by atoms with Gasteiger partial charge >= 0.3 is 0 Å². The van der Waals surface area contributed by atoms with Gasteiger partial charge in [-0.3, -0.25) is 4.99 Å². The largest absolute Gasteiger partial charge is 0.261 e. The van der Waals surface area contributed by atoms with E-state index < -0.39 is 0 Å². The highest BCUT2D eigenvalue weighted by Gasteiger charge is 2.28. The van der Waals surface area contributed by atoms with Crippen molar-refractivity contribution in [3.63, 3.8) is 0 Å². The van der Waals surface area contributed by atoms with Crippen molar-refractivity contribution in [3.05, 3.63) is 48.0 Å². The van der Waals surface area contributed by atoms with Gasteiger partial charge in [-0.15, -0.1) is 5.10 Å². The summed E-state index contributed by atoms with van der Waals surface area (Å²) in [5.74, 6) is 0. The lowest BCUT2D eigenvalue weighted by Crippen LogP contribution is -2.06. The fourth-order valence-electron chi connectivity index (χ4n) is 2.23. The number of thioether (sulfide) groups is 1. The van der Waals surface area contributed by atoms with Crippen LogP contribution in [0.1, 0.15) is 5.56 Å². The zero-order chi connectivity index (χ0) is 11.9. The Morgan fingerprint density at radius 1 is 1.00 bits per heavy atom. The second-order valence-corrected chi connectivity index (χ2v) is 5.22. The summed E-state index contributed by atoms with van der Waals surface area (Å²) >= 11 is 1.62. The van der Waals surface area contributed by atoms with Crippen molar-refractivity contribution in [2.24, 2.45) is 15.2 Å². The molecule has 0 fully saturated rings. The predicted molar refractivity (Wildman–Crippen MR) is 77.8 cm³/mol. The number of rotatable bonds is 1. The second-order valence-electron chi connectivity index (χ2n) is 4.21. The highest BCUT2D eigenvalue weighted by Crippen LogP contribution is 2.31. The number of fused-ring (bicyclic) bond motifs is 2. The Kier molecular flexibility index (Phi) is 2.11. The minimum absolute atomic E-state index is 0.0453. The van der Waals surface area contributed by atoms with Gasteiger partial charge in [0.2, 0.25) is 0 Å². The maximum absolute atomic E-state index is 4.67. The molecule has 0 radical (unpaired) electrons. The first-order valence-corrected chi connectivity index (χ1v) is 6.58. The van der Waals surface area contributed by atoms with Crippen LogP contribution in [0.25, 0.3) is 10.8 Å². The van der Waals surface area contributed by atoms with Crippen molar-refractivity contribution < 1.29 is 0 Å². The maximum atomic E-state index is 4.67. The van der Waals surface area contributed by atoms with E-state index in [1.165, 1.54) is 16.3 Å². The second kappa shape index (κ2) is 3.78. The number of hydrogen-bond donors (Lipinski definition) is 0. The van der Waals surface area contributed by atoms with Crippen LogP contribution in [0.4, 0.5) is 0 Å². The first-order chi connectivity index (χ1) is 8.92. The van der Waals surface area contributed by atoms with E-state index in [1.54, 1.807) is 18.0 Å². The van der Waals surface area contributed by atoms with E-state index in [1.807, 2.05) is 0 Å². The van der Waals surface area contributed by atoms with Gasteiger partial charge in [-0.1, -0.05) is 42.5 Å². The molecule has 0 unspecified atom stereocenters. The summed E-state index contributed by atoms with van der Waals surface area (Å²) in [7, 11) is 0. The summed E-state index contributed by atoms with van der Waals surface area (Å²) in [6.07, 6.45) is 1.79.